The van der Waals surface area contributed by atoms with E-state index in [0.29, 0.717) is 10.2 Å². The smallest absolute Gasteiger partial charge is 0.192 e. The number of hydrogen-bond acceptors (Lipinski definition) is 1. The molecule has 13 heavy (non-hydrogen) atoms. The van der Waals surface area contributed by atoms with Gasteiger partial charge in [-0.3, -0.25) is 5.41 Å². The number of nitrogens with zero attached hydrogens (tertiary/aromatic N) is 1. The minimum atomic E-state index is -0.326. The monoisotopic (exact) mass is 245 g/mol. The first-order valence-electron chi connectivity index (χ1n) is 3.55. The van der Waals surface area contributed by atoms with Crippen molar-refractivity contribution in [1.82, 2.24) is 0 Å². The Bertz CT molecular complexity index is 340. The molecular formula is C8H9BrFN3. The first-order chi connectivity index (χ1) is 6.02. The molecule has 0 aliphatic rings. The summed E-state index contributed by atoms with van der Waals surface area (Å²) in [7, 11) is 1.64. The lowest BCUT2D eigenvalue weighted by Crippen LogP contribution is -2.32. The molecule has 0 fully saturated rings. The second-order valence-corrected chi connectivity index (χ2v) is 3.39. The Kier molecular flexibility index (Phi) is 2.87. The van der Waals surface area contributed by atoms with Crippen LogP contribution in [0, 0.1) is 11.2 Å². The number of nitrogens with one attached hydrogen (secondary N) is 1. The molecule has 5 heteroatoms. The third-order valence-electron chi connectivity index (χ3n) is 1.63. The van der Waals surface area contributed by atoms with E-state index < -0.39 is 0 Å². The van der Waals surface area contributed by atoms with Gasteiger partial charge in [-0.2, -0.15) is 0 Å². The van der Waals surface area contributed by atoms with Gasteiger partial charge in [0.2, 0.25) is 0 Å². The Labute approximate surface area is 84.0 Å². The zero-order valence-electron chi connectivity index (χ0n) is 7.01. The van der Waals surface area contributed by atoms with E-state index in [1.165, 1.54) is 17.0 Å². The van der Waals surface area contributed by atoms with E-state index in [2.05, 4.69) is 15.9 Å². The summed E-state index contributed by atoms with van der Waals surface area (Å²) in [6.45, 7) is 0. The van der Waals surface area contributed by atoms with E-state index in [9.17, 15) is 4.39 Å². The second kappa shape index (κ2) is 3.74. The van der Waals surface area contributed by atoms with Crippen molar-refractivity contribution in [1.29, 1.82) is 5.41 Å². The predicted molar refractivity (Wildman–Crippen MR) is 54.4 cm³/mol. The van der Waals surface area contributed by atoms with Crippen LogP contribution in [0.3, 0.4) is 0 Å². The molecule has 1 rings (SSSR count). The van der Waals surface area contributed by atoms with Gasteiger partial charge in [0.25, 0.3) is 0 Å². The van der Waals surface area contributed by atoms with E-state index in [1.54, 1.807) is 13.1 Å². The van der Waals surface area contributed by atoms with Crippen LogP contribution < -0.4 is 10.6 Å². The zero-order chi connectivity index (χ0) is 10.0. The summed E-state index contributed by atoms with van der Waals surface area (Å²) in [6.07, 6.45) is 0. The Morgan fingerprint density at radius 2 is 2.23 bits per heavy atom. The maximum absolute atomic E-state index is 12.7. The summed E-state index contributed by atoms with van der Waals surface area (Å²) < 4.78 is 13.3. The van der Waals surface area contributed by atoms with Gasteiger partial charge in [-0.25, -0.2) is 4.39 Å². The molecule has 0 aromatic heterocycles. The fourth-order valence-electron chi connectivity index (χ4n) is 0.883. The molecule has 70 valence electrons. The van der Waals surface area contributed by atoms with Crippen LogP contribution in [0.4, 0.5) is 10.1 Å². The molecule has 3 N–H and O–H groups in total. The minimum Gasteiger partial charge on any atom is -0.370 e. The Morgan fingerprint density at radius 1 is 1.62 bits per heavy atom. The van der Waals surface area contributed by atoms with Gasteiger partial charge in [-0.05, 0) is 34.1 Å². The fraction of sp³-hybridized carbons (Fsp3) is 0.125. The van der Waals surface area contributed by atoms with Crippen molar-refractivity contribution in [3.8, 4) is 0 Å². The highest BCUT2D eigenvalue weighted by Crippen LogP contribution is 2.25. The summed E-state index contributed by atoms with van der Waals surface area (Å²) in [5.41, 5.74) is 5.93. The Morgan fingerprint density at radius 3 is 2.69 bits per heavy atom. The quantitative estimate of drug-likeness (QED) is 0.587. The zero-order valence-corrected chi connectivity index (χ0v) is 8.60. The first kappa shape index (κ1) is 9.98. The molecule has 0 amide bonds. The lowest BCUT2D eigenvalue weighted by atomic mass is 10.3. The lowest BCUT2D eigenvalue weighted by Gasteiger charge is -2.17. The first-order valence-corrected chi connectivity index (χ1v) is 4.34. The highest BCUT2D eigenvalue weighted by molar-refractivity contribution is 9.10. The summed E-state index contributed by atoms with van der Waals surface area (Å²) in [4.78, 5) is 1.45. The highest BCUT2D eigenvalue weighted by Gasteiger charge is 2.07. The van der Waals surface area contributed by atoms with Crippen LogP contribution >= 0.6 is 15.9 Å². The van der Waals surface area contributed by atoms with Gasteiger partial charge < -0.3 is 10.6 Å². The van der Waals surface area contributed by atoms with E-state index in [4.69, 9.17) is 11.1 Å². The van der Waals surface area contributed by atoms with Crippen molar-refractivity contribution in [3.63, 3.8) is 0 Å². The van der Waals surface area contributed by atoms with E-state index >= 15 is 0 Å². The Balaban J connectivity index is 3.08. The number of guanidine groups is 1. The van der Waals surface area contributed by atoms with Crippen LogP contribution in [0.25, 0.3) is 0 Å². The van der Waals surface area contributed by atoms with Crippen molar-refractivity contribution in [2.45, 2.75) is 0 Å². The number of rotatable bonds is 1. The van der Waals surface area contributed by atoms with E-state index in [0.717, 1.165) is 0 Å². The maximum Gasteiger partial charge on any atom is 0.192 e. The summed E-state index contributed by atoms with van der Waals surface area (Å²) in [5, 5.41) is 7.18. The molecule has 0 unspecified atom stereocenters. The van der Waals surface area contributed by atoms with Crippen LogP contribution in [-0.2, 0) is 0 Å². The Hall–Kier alpha value is -1.10. The number of nitrogens with two attached hydrogens (primary N) is 1. The fourth-order valence-corrected chi connectivity index (χ4v) is 1.50. The van der Waals surface area contributed by atoms with Crippen molar-refractivity contribution in [3.05, 3.63) is 28.5 Å². The molecule has 0 aliphatic heterocycles. The summed E-state index contributed by atoms with van der Waals surface area (Å²) in [5.74, 6) is -0.417. The molecule has 0 aliphatic carbocycles. The molecule has 0 saturated carbocycles. The molecule has 0 bridgehead atoms. The van der Waals surface area contributed by atoms with Gasteiger partial charge >= 0.3 is 0 Å². The van der Waals surface area contributed by atoms with Gasteiger partial charge in [0.05, 0.1) is 5.69 Å². The van der Waals surface area contributed by atoms with Crippen LogP contribution in [-0.4, -0.2) is 13.0 Å². The molecule has 3 nitrogen and oxygen atoms in total. The molecule has 0 radical (unpaired) electrons. The molecule has 0 spiro atoms. The number of hydrogen-bond donors (Lipinski definition) is 2. The van der Waals surface area contributed by atoms with Crippen molar-refractivity contribution in [2.24, 2.45) is 5.73 Å². The molecule has 1 aromatic carbocycles. The third-order valence-corrected chi connectivity index (χ3v) is 2.27. The molecule has 0 atom stereocenters. The van der Waals surface area contributed by atoms with Crippen LogP contribution in [0.1, 0.15) is 0 Å². The molecule has 0 saturated heterocycles. The number of benzene rings is 1. The average Bonchev–Trinajstić information content (AvgIpc) is 2.03. The second-order valence-electron chi connectivity index (χ2n) is 2.54. The molecule has 1 aromatic rings. The largest absolute Gasteiger partial charge is 0.370 e. The van der Waals surface area contributed by atoms with Gasteiger partial charge in [0.1, 0.15) is 5.82 Å². The van der Waals surface area contributed by atoms with Gasteiger partial charge in [0.15, 0.2) is 5.96 Å². The number of anilines is 1. The van der Waals surface area contributed by atoms with E-state index in [1.807, 2.05) is 0 Å². The standard InChI is InChI=1S/C8H9BrFN3/c1-13(8(11)12)7-3-2-5(10)4-6(7)9/h2-4H,1H3,(H3,11,12). The van der Waals surface area contributed by atoms with Crippen molar-refractivity contribution >= 4 is 27.6 Å². The molecular weight excluding hydrogens is 237 g/mol. The summed E-state index contributed by atoms with van der Waals surface area (Å²) >= 11 is 3.18. The van der Waals surface area contributed by atoms with Crippen molar-refractivity contribution in [2.75, 3.05) is 11.9 Å². The molecule has 0 heterocycles. The lowest BCUT2D eigenvalue weighted by molar-refractivity contribution is 0.627. The predicted octanol–water partition coefficient (Wildman–Crippen LogP) is 1.92. The van der Waals surface area contributed by atoms with Crippen molar-refractivity contribution < 1.29 is 4.39 Å². The average molecular weight is 246 g/mol. The van der Waals surface area contributed by atoms with Crippen LogP contribution in [0.2, 0.25) is 0 Å². The van der Waals surface area contributed by atoms with Gasteiger partial charge in [0, 0.05) is 11.5 Å². The maximum atomic E-state index is 12.7. The topological polar surface area (TPSA) is 53.1 Å². The highest BCUT2D eigenvalue weighted by atomic mass is 79.9. The van der Waals surface area contributed by atoms with Crippen LogP contribution in [0.15, 0.2) is 22.7 Å². The van der Waals surface area contributed by atoms with E-state index in [-0.39, 0.29) is 11.8 Å². The normalized spacial score (nSPS) is 9.77. The minimum absolute atomic E-state index is 0.0905. The van der Waals surface area contributed by atoms with Crippen LogP contribution in [0.5, 0.6) is 0 Å². The third kappa shape index (κ3) is 2.18. The number of halogens is 2. The van der Waals surface area contributed by atoms with Gasteiger partial charge in [-0.1, -0.05) is 0 Å². The van der Waals surface area contributed by atoms with Gasteiger partial charge in [-0.15, -0.1) is 0 Å². The SMILES string of the molecule is CN(C(=N)N)c1ccc(F)cc1Br. The summed E-state index contributed by atoms with van der Waals surface area (Å²) in [6, 6.07) is 4.20.